The molecule has 1 fully saturated rings. The van der Waals surface area contributed by atoms with Crippen molar-refractivity contribution in [2.75, 3.05) is 6.61 Å². The monoisotopic (exact) mass is 161 g/mol. The summed E-state index contributed by atoms with van der Waals surface area (Å²) in [6.45, 7) is -0.388. The Labute approximate surface area is 63.7 Å². The number of nitrogens with one attached hydrogen (secondary N) is 1. The van der Waals surface area contributed by atoms with Crippen molar-refractivity contribution < 1.29 is 20.1 Å². The predicted octanol–water partition coefficient (Wildman–Crippen LogP) is -1.53. The van der Waals surface area contributed by atoms with E-state index in [9.17, 15) is 0 Å². The number of hydrogen-bond acceptors (Lipinski definition) is 5. The molecule has 1 aliphatic rings. The molecule has 0 aliphatic carbocycles. The molecule has 1 saturated heterocycles. The highest BCUT2D eigenvalue weighted by molar-refractivity contribution is 5.74. The summed E-state index contributed by atoms with van der Waals surface area (Å²) in [4.78, 5) is 0. The molecule has 0 aromatic heterocycles. The van der Waals surface area contributed by atoms with Gasteiger partial charge in [0.1, 0.15) is 6.10 Å². The second-order valence-electron chi connectivity index (χ2n) is 2.52. The smallest absolute Gasteiger partial charge is 0.183 e. The highest BCUT2D eigenvalue weighted by atomic mass is 16.5. The van der Waals surface area contributed by atoms with Gasteiger partial charge in [0, 0.05) is 0 Å². The molecule has 64 valence electrons. The normalized spacial score (nSPS) is 38.5. The van der Waals surface area contributed by atoms with Crippen molar-refractivity contribution in [1.29, 1.82) is 5.41 Å². The molecule has 1 rings (SSSR count). The van der Waals surface area contributed by atoms with Gasteiger partial charge in [-0.15, -0.1) is 0 Å². The first kappa shape index (κ1) is 8.45. The van der Waals surface area contributed by atoms with Crippen LogP contribution in [0.25, 0.3) is 0 Å². The molecule has 5 nitrogen and oxygen atoms in total. The largest absolute Gasteiger partial charge is 0.473 e. The summed E-state index contributed by atoms with van der Waals surface area (Å²) >= 11 is 0. The van der Waals surface area contributed by atoms with Crippen molar-refractivity contribution in [3.63, 3.8) is 0 Å². The van der Waals surface area contributed by atoms with Crippen LogP contribution >= 0.6 is 0 Å². The van der Waals surface area contributed by atoms with E-state index in [2.05, 4.69) is 0 Å². The molecule has 0 aromatic carbocycles. The zero-order valence-electron chi connectivity index (χ0n) is 5.90. The van der Waals surface area contributed by atoms with Crippen molar-refractivity contribution in [2.24, 2.45) is 0 Å². The Bertz CT molecular complexity index is 161. The van der Waals surface area contributed by atoms with E-state index in [1.165, 1.54) is 0 Å². The summed E-state index contributed by atoms with van der Waals surface area (Å²) in [7, 11) is 0. The van der Waals surface area contributed by atoms with Gasteiger partial charge >= 0.3 is 0 Å². The molecule has 0 aromatic rings. The molecular formula is C6H11NO4. The minimum absolute atomic E-state index is 0.0116. The maximum atomic E-state index is 9.12. The molecule has 0 radical (unpaired) electrons. The Morgan fingerprint density at radius 1 is 1.55 bits per heavy atom. The lowest BCUT2D eigenvalue weighted by Crippen LogP contribution is -2.48. The maximum Gasteiger partial charge on any atom is 0.183 e. The fourth-order valence-electron chi connectivity index (χ4n) is 1.00. The van der Waals surface area contributed by atoms with Crippen LogP contribution < -0.4 is 0 Å². The van der Waals surface area contributed by atoms with Crippen LogP contribution in [-0.4, -0.2) is 46.1 Å². The standard InChI is InChI=1S/C6H11NO4/c7-5-1-3(9)6(10)4(2-8)11-5/h3-4,6-10H,1-2H2/t3-,4-,6+/m1/s1. The molecule has 0 saturated carbocycles. The summed E-state index contributed by atoms with van der Waals surface area (Å²) in [6.07, 6.45) is -2.92. The van der Waals surface area contributed by atoms with Crippen molar-refractivity contribution in [1.82, 2.24) is 0 Å². The molecule has 0 amide bonds. The first-order valence-electron chi connectivity index (χ1n) is 3.36. The van der Waals surface area contributed by atoms with E-state index in [4.69, 9.17) is 25.5 Å². The van der Waals surface area contributed by atoms with Gasteiger partial charge in [0.15, 0.2) is 12.0 Å². The van der Waals surface area contributed by atoms with Gasteiger partial charge in [-0.3, -0.25) is 5.41 Å². The Kier molecular flexibility index (Phi) is 2.43. The van der Waals surface area contributed by atoms with Gasteiger partial charge in [-0.05, 0) is 0 Å². The van der Waals surface area contributed by atoms with E-state index < -0.39 is 18.3 Å². The van der Waals surface area contributed by atoms with Crippen LogP contribution in [0.4, 0.5) is 0 Å². The van der Waals surface area contributed by atoms with E-state index in [-0.39, 0.29) is 18.9 Å². The second-order valence-corrected chi connectivity index (χ2v) is 2.52. The first-order valence-corrected chi connectivity index (χ1v) is 3.36. The number of rotatable bonds is 1. The Hall–Kier alpha value is -0.650. The Balaban J connectivity index is 2.58. The zero-order valence-corrected chi connectivity index (χ0v) is 5.90. The summed E-state index contributed by atoms with van der Waals surface area (Å²) in [5.74, 6) is -0.0955. The number of ether oxygens (including phenoxy) is 1. The minimum Gasteiger partial charge on any atom is -0.473 e. The molecule has 11 heavy (non-hydrogen) atoms. The van der Waals surface area contributed by atoms with Gasteiger partial charge in [0.25, 0.3) is 0 Å². The minimum atomic E-state index is -1.09. The summed E-state index contributed by atoms with van der Waals surface area (Å²) in [5, 5.41) is 33.8. The van der Waals surface area contributed by atoms with Gasteiger partial charge in [-0.2, -0.15) is 0 Å². The lowest BCUT2D eigenvalue weighted by atomic mass is 10.0. The lowest BCUT2D eigenvalue weighted by molar-refractivity contribution is -0.0900. The molecule has 3 atom stereocenters. The van der Waals surface area contributed by atoms with Crippen molar-refractivity contribution in [3.05, 3.63) is 0 Å². The molecule has 0 bridgehead atoms. The van der Waals surface area contributed by atoms with E-state index >= 15 is 0 Å². The van der Waals surface area contributed by atoms with Gasteiger partial charge in [-0.1, -0.05) is 0 Å². The van der Waals surface area contributed by atoms with Crippen molar-refractivity contribution in [2.45, 2.75) is 24.7 Å². The van der Waals surface area contributed by atoms with Crippen LogP contribution in [-0.2, 0) is 4.74 Å². The van der Waals surface area contributed by atoms with Crippen LogP contribution in [0.2, 0.25) is 0 Å². The first-order chi connectivity index (χ1) is 5.15. The SMILES string of the molecule is N=C1C[C@@H](O)[C@H](O)[C@@H](CO)O1. The zero-order chi connectivity index (χ0) is 8.43. The second kappa shape index (κ2) is 3.17. The van der Waals surface area contributed by atoms with Gasteiger partial charge in [0.05, 0.1) is 19.1 Å². The van der Waals surface area contributed by atoms with E-state index in [1.807, 2.05) is 0 Å². The number of hydrogen-bond donors (Lipinski definition) is 4. The third-order valence-corrected chi connectivity index (χ3v) is 1.64. The molecule has 0 unspecified atom stereocenters. The highest BCUT2D eigenvalue weighted by Gasteiger charge is 2.34. The lowest BCUT2D eigenvalue weighted by Gasteiger charge is -2.31. The molecule has 1 heterocycles. The topological polar surface area (TPSA) is 93.8 Å². The maximum absolute atomic E-state index is 9.12. The summed E-state index contributed by atoms with van der Waals surface area (Å²) < 4.78 is 4.74. The van der Waals surface area contributed by atoms with E-state index in [0.717, 1.165) is 0 Å². The summed E-state index contributed by atoms with van der Waals surface area (Å²) in [5.41, 5.74) is 0. The van der Waals surface area contributed by atoms with Crippen LogP contribution in [0.5, 0.6) is 0 Å². The predicted molar refractivity (Wildman–Crippen MR) is 36.3 cm³/mol. The Morgan fingerprint density at radius 3 is 2.73 bits per heavy atom. The van der Waals surface area contributed by atoms with Crippen LogP contribution in [0.15, 0.2) is 0 Å². The molecule has 1 aliphatic heterocycles. The van der Waals surface area contributed by atoms with Gasteiger partial charge in [0.2, 0.25) is 0 Å². The average Bonchev–Trinajstić information content (AvgIpc) is 1.96. The van der Waals surface area contributed by atoms with Gasteiger partial charge < -0.3 is 20.1 Å². The molecule has 4 N–H and O–H groups in total. The Morgan fingerprint density at radius 2 is 2.18 bits per heavy atom. The van der Waals surface area contributed by atoms with Crippen LogP contribution in [0.3, 0.4) is 0 Å². The molecule has 0 spiro atoms. The summed E-state index contributed by atoms with van der Waals surface area (Å²) in [6, 6.07) is 0. The van der Waals surface area contributed by atoms with E-state index in [1.54, 1.807) is 0 Å². The van der Waals surface area contributed by atoms with Crippen LogP contribution in [0.1, 0.15) is 6.42 Å². The van der Waals surface area contributed by atoms with Gasteiger partial charge in [-0.25, -0.2) is 0 Å². The average molecular weight is 161 g/mol. The molecule has 5 heteroatoms. The van der Waals surface area contributed by atoms with Crippen LogP contribution in [0, 0.1) is 5.41 Å². The van der Waals surface area contributed by atoms with Crippen molar-refractivity contribution in [3.8, 4) is 0 Å². The van der Waals surface area contributed by atoms with Crippen molar-refractivity contribution >= 4 is 5.90 Å². The third kappa shape index (κ3) is 1.68. The van der Waals surface area contributed by atoms with E-state index in [0.29, 0.717) is 0 Å². The fraction of sp³-hybridized carbons (Fsp3) is 0.833. The fourth-order valence-corrected chi connectivity index (χ4v) is 1.00. The number of aliphatic hydroxyl groups excluding tert-OH is 3. The third-order valence-electron chi connectivity index (χ3n) is 1.64. The quantitative estimate of drug-likeness (QED) is 0.375. The highest BCUT2D eigenvalue weighted by Crippen LogP contribution is 2.15. The molecular weight excluding hydrogens is 150 g/mol. The number of aliphatic hydroxyl groups is 3.